The van der Waals surface area contributed by atoms with Gasteiger partial charge in [-0.1, -0.05) is 18.2 Å². The van der Waals surface area contributed by atoms with Crippen LogP contribution in [0.15, 0.2) is 35.2 Å². The second-order valence-electron chi connectivity index (χ2n) is 4.87. The summed E-state index contributed by atoms with van der Waals surface area (Å²) in [6, 6.07) is 7.93. The normalized spacial score (nSPS) is 12.8. The van der Waals surface area contributed by atoms with Crippen molar-refractivity contribution in [1.29, 1.82) is 0 Å². The first kappa shape index (κ1) is 19.8. The Hall–Kier alpha value is -2.22. The molecule has 0 aliphatic carbocycles. The molecule has 1 aromatic carbocycles. The standard InChI is InChI=1S/C16H21NO6S/c1-22-15(19)9-8-14(18)17-13(16(20)23-2)10-11-24(21)12-6-4-3-5-7-12/h3-7,13H,8-11H2,1-2H3,(H,17,18)/t13-,24+/m0/s1. The fourth-order valence-corrected chi connectivity index (χ4v) is 3.04. The van der Waals surface area contributed by atoms with E-state index in [1.165, 1.54) is 14.2 Å². The van der Waals surface area contributed by atoms with Gasteiger partial charge in [0.05, 0.1) is 31.4 Å². The fraction of sp³-hybridized carbons (Fsp3) is 0.438. The number of amides is 1. The molecule has 0 aromatic heterocycles. The van der Waals surface area contributed by atoms with Gasteiger partial charge in [0.2, 0.25) is 5.91 Å². The number of hydrogen-bond acceptors (Lipinski definition) is 6. The van der Waals surface area contributed by atoms with Crippen LogP contribution in [0, 0.1) is 0 Å². The molecule has 0 aliphatic heterocycles. The van der Waals surface area contributed by atoms with Gasteiger partial charge in [-0.15, -0.1) is 0 Å². The van der Waals surface area contributed by atoms with Crippen LogP contribution in [-0.4, -0.2) is 48.1 Å². The molecule has 132 valence electrons. The first-order chi connectivity index (χ1) is 11.5. The molecule has 0 spiro atoms. The number of ether oxygens (including phenoxy) is 2. The van der Waals surface area contributed by atoms with E-state index >= 15 is 0 Å². The molecule has 0 saturated heterocycles. The molecule has 1 rings (SSSR count). The molecule has 1 amide bonds. The highest BCUT2D eigenvalue weighted by Crippen LogP contribution is 2.08. The molecule has 0 unspecified atom stereocenters. The molecule has 0 aliphatic rings. The van der Waals surface area contributed by atoms with Gasteiger partial charge in [-0.2, -0.15) is 0 Å². The van der Waals surface area contributed by atoms with Gasteiger partial charge in [-0.25, -0.2) is 4.79 Å². The van der Waals surface area contributed by atoms with Crippen LogP contribution in [0.1, 0.15) is 19.3 Å². The van der Waals surface area contributed by atoms with E-state index in [1.807, 2.05) is 6.07 Å². The minimum atomic E-state index is -1.28. The molecule has 7 nitrogen and oxygen atoms in total. The number of benzene rings is 1. The lowest BCUT2D eigenvalue weighted by Gasteiger charge is -2.16. The molecule has 1 N–H and O–H groups in total. The molecule has 0 radical (unpaired) electrons. The summed E-state index contributed by atoms with van der Waals surface area (Å²) in [7, 11) is 1.16. The van der Waals surface area contributed by atoms with Gasteiger partial charge < -0.3 is 14.8 Å². The maximum atomic E-state index is 12.2. The summed E-state index contributed by atoms with van der Waals surface area (Å²) in [6.07, 6.45) is -0.00768. The molecule has 0 saturated carbocycles. The van der Waals surface area contributed by atoms with Crippen LogP contribution in [0.25, 0.3) is 0 Å². The maximum Gasteiger partial charge on any atom is 0.328 e. The number of carbonyl (C=O) groups is 3. The van der Waals surface area contributed by atoms with Gasteiger partial charge in [0.1, 0.15) is 6.04 Å². The SMILES string of the molecule is COC(=O)CCC(=O)N[C@@H](CC[S@@](=O)c1ccccc1)C(=O)OC. The summed E-state index contributed by atoms with van der Waals surface area (Å²) in [6.45, 7) is 0. The number of methoxy groups -OCH3 is 2. The summed E-state index contributed by atoms with van der Waals surface area (Å²) >= 11 is 0. The zero-order chi connectivity index (χ0) is 17.9. The zero-order valence-electron chi connectivity index (χ0n) is 13.7. The molecule has 8 heteroatoms. The van der Waals surface area contributed by atoms with Crippen LogP contribution in [-0.2, 0) is 34.7 Å². The fourth-order valence-electron chi connectivity index (χ4n) is 1.89. The van der Waals surface area contributed by atoms with Crippen molar-refractivity contribution in [3.63, 3.8) is 0 Å². The number of hydrogen-bond donors (Lipinski definition) is 1. The van der Waals surface area contributed by atoms with Crippen LogP contribution in [0.3, 0.4) is 0 Å². The zero-order valence-corrected chi connectivity index (χ0v) is 14.5. The smallest absolute Gasteiger partial charge is 0.328 e. The van der Waals surface area contributed by atoms with Gasteiger partial charge in [-0.3, -0.25) is 13.8 Å². The van der Waals surface area contributed by atoms with Crippen LogP contribution in [0.5, 0.6) is 0 Å². The summed E-state index contributed by atoms with van der Waals surface area (Å²) in [4.78, 5) is 35.3. The lowest BCUT2D eigenvalue weighted by atomic mass is 10.2. The van der Waals surface area contributed by atoms with Crippen molar-refractivity contribution in [2.24, 2.45) is 0 Å². The molecule has 1 aromatic rings. The molecule has 0 heterocycles. The first-order valence-corrected chi connectivity index (χ1v) is 8.67. The number of carbonyl (C=O) groups excluding carboxylic acids is 3. The lowest BCUT2D eigenvalue weighted by molar-refractivity contribution is -0.145. The molecule has 0 fully saturated rings. The third kappa shape index (κ3) is 6.91. The van der Waals surface area contributed by atoms with Crippen LogP contribution in [0.2, 0.25) is 0 Å². The molecular weight excluding hydrogens is 334 g/mol. The lowest BCUT2D eigenvalue weighted by Crippen LogP contribution is -2.42. The van der Waals surface area contributed by atoms with Crippen molar-refractivity contribution in [3.05, 3.63) is 30.3 Å². The Morgan fingerprint density at radius 1 is 1.08 bits per heavy atom. The first-order valence-electron chi connectivity index (χ1n) is 7.35. The second kappa shape index (κ2) is 10.5. The van der Waals surface area contributed by atoms with E-state index in [0.717, 1.165) is 0 Å². The maximum absolute atomic E-state index is 12.2. The Kier molecular flexibility index (Phi) is 8.70. The molecule has 24 heavy (non-hydrogen) atoms. The highest BCUT2D eigenvalue weighted by molar-refractivity contribution is 7.85. The van der Waals surface area contributed by atoms with Crippen molar-refractivity contribution in [2.75, 3.05) is 20.0 Å². The van der Waals surface area contributed by atoms with Crippen molar-refractivity contribution in [1.82, 2.24) is 5.32 Å². The Morgan fingerprint density at radius 3 is 2.33 bits per heavy atom. The quantitative estimate of drug-likeness (QED) is 0.658. The monoisotopic (exact) mass is 355 g/mol. The van der Waals surface area contributed by atoms with Crippen molar-refractivity contribution in [2.45, 2.75) is 30.2 Å². The van der Waals surface area contributed by atoms with Crippen molar-refractivity contribution >= 4 is 28.6 Å². The third-order valence-corrected chi connectivity index (χ3v) is 4.61. The Morgan fingerprint density at radius 2 is 1.75 bits per heavy atom. The minimum absolute atomic E-state index is 0.0772. The highest BCUT2D eigenvalue weighted by atomic mass is 32.2. The topological polar surface area (TPSA) is 98.8 Å². The Labute approximate surface area is 143 Å². The summed E-state index contributed by atoms with van der Waals surface area (Å²) in [5, 5.41) is 2.50. The molecule has 0 bridgehead atoms. The average molecular weight is 355 g/mol. The van der Waals surface area contributed by atoms with Crippen LogP contribution >= 0.6 is 0 Å². The van der Waals surface area contributed by atoms with E-state index in [1.54, 1.807) is 24.3 Å². The van der Waals surface area contributed by atoms with Crippen LogP contribution in [0.4, 0.5) is 0 Å². The predicted octanol–water partition coefficient (Wildman–Crippen LogP) is 0.795. The van der Waals surface area contributed by atoms with E-state index in [2.05, 4.69) is 14.8 Å². The van der Waals surface area contributed by atoms with Crippen molar-refractivity contribution < 1.29 is 28.1 Å². The largest absolute Gasteiger partial charge is 0.469 e. The third-order valence-electron chi connectivity index (χ3n) is 3.20. The number of nitrogens with one attached hydrogen (secondary N) is 1. The minimum Gasteiger partial charge on any atom is -0.469 e. The number of esters is 2. The summed E-state index contributed by atoms with van der Waals surface area (Å²) in [5.74, 6) is -1.40. The predicted molar refractivity (Wildman–Crippen MR) is 87.5 cm³/mol. The second-order valence-corrected chi connectivity index (χ2v) is 6.44. The molecule has 2 atom stereocenters. The van der Waals surface area contributed by atoms with Crippen LogP contribution < -0.4 is 5.32 Å². The Bertz CT molecular complexity index is 589. The van der Waals surface area contributed by atoms with Gasteiger partial charge in [0, 0.05) is 17.1 Å². The average Bonchev–Trinajstić information content (AvgIpc) is 2.62. The number of rotatable bonds is 9. The van der Waals surface area contributed by atoms with Gasteiger partial charge in [-0.05, 0) is 18.6 Å². The van der Waals surface area contributed by atoms with E-state index in [9.17, 15) is 18.6 Å². The summed E-state index contributed by atoms with van der Waals surface area (Å²) < 4.78 is 21.3. The van der Waals surface area contributed by atoms with Gasteiger partial charge in [0.15, 0.2) is 0 Å². The summed E-state index contributed by atoms with van der Waals surface area (Å²) in [5.41, 5.74) is 0. The van der Waals surface area contributed by atoms with E-state index in [4.69, 9.17) is 0 Å². The Balaban J connectivity index is 2.56. The highest BCUT2D eigenvalue weighted by Gasteiger charge is 2.22. The molecular formula is C16H21NO6S. The van der Waals surface area contributed by atoms with Gasteiger partial charge >= 0.3 is 11.9 Å². The van der Waals surface area contributed by atoms with E-state index < -0.39 is 34.7 Å². The van der Waals surface area contributed by atoms with E-state index in [-0.39, 0.29) is 25.0 Å². The van der Waals surface area contributed by atoms with Crippen molar-refractivity contribution in [3.8, 4) is 0 Å². The van der Waals surface area contributed by atoms with E-state index in [0.29, 0.717) is 4.90 Å². The van der Waals surface area contributed by atoms with Gasteiger partial charge in [0.25, 0.3) is 0 Å².